The van der Waals surface area contributed by atoms with Crippen LogP contribution in [0.3, 0.4) is 0 Å². The Bertz CT molecular complexity index is 1110. The summed E-state index contributed by atoms with van der Waals surface area (Å²) < 4.78 is 54.8. The first-order chi connectivity index (χ1) is 12.5. The lowest BCUT2D eigenvalue weighted by Gasteiger charge is -2.21. The van der Waals surface area contributed by atoms with Crippen LogP contribution in [-0.4, -0.2) is 13.4 Å². The van der Waals surface area contributed by atoms with Gasteiger partial charge in [-0.25, -0.2) is 17.2 Å². The lowest BCUT2D eigenvalue weighted by Crippen LogP contribution is -2.17. The van der Waals surface area contributed by atoms with Crippen LogP contribution in [0.1, 0.15) is 24.1 Å². The largest absolute Gasteiger partial charge is 0.279 e. The molecule has 4 rings (SSSR count). The number of benzene rings is 2. The van der Waals surface area contributed by atoms with Crippen LogP contribution < -0.4 is 4.72 Å². The van der Waals surface area contributed by atoms with Gasteiger partial charge >= 0.3 is 0 Å². The Balaban J connectivity index is 1.87. The Morgan fingerprint density at radius 1 is 0.962 bits per heavy atom. The molecule has 134 valence electrons. The smallest absolute Gasteiger partial charge is 0.262 e. The summed E-state index contributed by atoms with van der Waals surface area (Å²) in [6.45, 7) is 0. The molecular formula is C19H16F2N2O2S. The van der Waals surface area contributed by atoms with Gasteiger partial charge in [0.05, 0.1) is 16.1 Å². The molecule has 0 atom stereocenters. The zero-order chi connectivity index (χ0) is 18.3. The fraction of sp³-hybridized carbons (Fsp3) is 0.211. The third kappa shape index (κ3) is 2.92. The highest BCUT2D eigenvalue weighted by molar-refractivity contribution is 7.92. The van der Waals surface area contributed by atoms with Crippen molar-refractivity contribution in [1.82, 2.24) is 4.98 Å². The molecule has 1 heterocycles. The van der Waals surface area contributed by atoms with Gasteiger partial charge in [0.1, 0.15) is 0 Å². The van der Waals surface area contributed by atoms with Gasteiger partial charge in [-0.2, -0.15) is 0 Å². The average molecular weight is 374 g/mol. The summed E-state index contributed by atoms with van der Waals surface area (Å²) >= 11 is 0. The molecule has 4 nitrogen and oxygen atoms in total. The molecule has 0 fully saturated rings. The van der Waals surface area contributed by atoms with Crippen molar-refractivity contribution in [3.05, 3.63) is 65.4 Å². The molecular weight excluding hydrogens is 358 g/mol. The number of rotatable bonds is 3. The third-order valence-corrected chi connectivity index (χ3v) is 5.95. The van der Waals surface area contributed by atoms with E-state index in [4.69, 9.17) is 0 Å². The van der Waals surface area contributed by atoms with E-state index in [0.717, 1.165) is 49.1 Å². The maximum Gasteiger partial charge on any atom is 0.262 e. The molecule has 26 heavy (non-hydrogen) atoms. The summed E-state index contributed by atoms with van der Waals surface area (Å²) in [6, 6.07) is 9.85. The van der Waals surface area contributed by atoms with E-state index in [-0.39, 0.29) is 4.90 Å². The van der Waals surface area contributed by atoms with Crippen LogP contribution in [0.4, 0.5) is 14.5 Å². The molecule has 1 aromatic heterocycles. The lowest BCUT2D eigenvalue weighted by molar-refractivity contribution is 0.504. The molecule has 7 heteroatoms. The van der Waals surface area contributed by atoms with E-state index in [2.05, 4.69) is 9.71 Å². The lowest BCUT2D eigenvalue weighted by atomic mass is 9.93. The predicted molar refractivity (Wildman–Crippen MR) is 95.6 cm³/mol. The minimum Gasteiger partial charge on any atom is -0.279 e. The van der Waals surface area contributed by atoms with Crippen molar-refractivity contribution >= 4 is 26.6 Å². The Hall–Kier alpha value is -2.54. The minimum absolute atomic E-state index is 0.318. The maximum absolute atomic E-state index is 13.5. The second-order valence-electron chi connectivity index (χ2n) is 6.32. The normalized spacial score (nSPS) is 14.2. The van der Waals surface area contributed by atoms with E-state index in [1.165, 1.54) is 0 Å². The van der Waals surface area contributed by atoms with E-state index in [9.17, 15) is 17.2 Å². The zero-order valence-corrected chi connectivity index (χ0v) is 14.6. The number of pyridine rings is 1. The zero-order valence-electron chi connectivity index (χ0n) is 13.8. The first-order valence-corrected chi connectivity index (χ1v) is 9.82. The van der Waals surface area contributed by atoms with Crippen LogP contribution in [0, 0.1) is 11.6 Å². The van der Waals surface area contributed by atoms with Gasteiger partial charge in [0.15, 0.2) is 11.6 Å². The summed E-state index contributed by atoms with van der Waals surface area (Å²) in [7, 11) is -4.06. The Kier molecular flexibility index (Phi) is 4.11. The SMILES string of the molecule is O=S(=O)(Nc1c2c(nc3ccccc13)CCCC2)c1ccc(F)c(F)c1. The summed E-state index contributed by atoms with van der Waals surface area (Å²) in [5.74, 6) is -2.29. The molecule has 0 saturated carbocycles. The molecule has 1 aliphatic rings. The summed E-state index contributed by atoms with van der Waals surface area (Å²) in [5, 5.41) is 0.694. The molecule has 0 bridgehead atoms. The van der Waals surface area contributed by atoms with Crippen molar-refractivity contribution in [1.29, 1.82) is 0 Å². The topological polar surface area (TPSA) is 59.1 Å². The molecule has 0 unspecified atom stereocenters. The number of aryl methyl sites for hydroxylation is 1. The molecule has 0 amide bonds. The molecule has 0 spiro atoms. The average Bonchev–Trinajstić information content (AvgIpc) is 2.63. The number of hydrogen-bond acceptors (Lipinski definition) is 3. The Morgan fingerprint density at radius 2 is 1.73 bits per heavy atom. The van der Waals surface area contributed by atoms with Gasteiger partial charge in [0, 0.05) is 11.1 Å². The maximum atomic E-state index is 13.5. The highest BCUT2D eigenvalue weighted by Crippen LogP contribution is 2.34. The number of nitrogens with zero attached hydrogens (tertiary/aromatic N) is 1. The number of halogens is 2. The molecule has 2 aromatic carbocycles. The molecule has 0 aliphatic heterocycles. The summed E-state index contributed by atoms with van der Waals surface area (Å²) in [5.41, 5.74) is 2.95. The number of nitrogens with one attached hydrogen (secondary N) is 1. The first-order valence-electron chi connectivity index (χ1n) is 8.34. The van der Waals surface area contributed by atoms with Gasteiger partial charge in [-0.3, -0.25) is 9.71 Å². The number of para-hydroxylation sites is 1. The number of hydrogen-bond donors (Lipinski definition) is 1. The highest BCUT2D eigenvalue weighted by atomic mass is 32.2. The van der Waals surface area contributed by atoms with Crippen molar-refractivity contribution in [2.45, 2.75) is 30.6 Å². The van der Waals surface area contributed by atoms with Crippen LogP contribution >= 0.6 is 0 Å². The molecule has 0 radical (unpaired) electrons. The molecule has 1 N–H and O–H groups in total. The number of anilines is 1. The minimum atomic E-state index is -4.06. The van der Waals surface area contributed by atoms with Crippen LogP contribution in [0.25, 0.3) is 10.9 Å². The van der Waals surface area contributed by atoms with Gasteiger partial charge in [-0.05, 0) is 55.5 Å². The van der Waals surface area contributed by atoms with E-state index >= 15 is 0 Å². The van der Waals surface area contributed by atoms with E-state index in [0.29, 0.717) is 22.7 Å². The second-order valence-corrected chi connectivity index (χ2v) is 8.00. The highest BCUT2D eigenvalue weighted by Gasteiger charge is 2.23. The monoisotopic (exact) mass is 374 g/mol. The third-order valence-electron chi connectivity index (χ3n) is 4.61. The second kappa shape index (κ2) is 6.32. The van der Waals surface area contributed by atoms with Crippen molar-refractivity contribution in [3.8, 4) is 0 Å². The summed E-state index contributed by atoms with van der Waals surface area (Å²) in [4.78, 5) is 4.34. The first kappa shape index (κ1) is 16.9. The molecule has 3 aromatic rings. The van der Waals surface area contributed by atoms with Gasteiger partial charge < -0.3 is 0 Å². The summed E-state index contributed by atoms with van der Waals surface area (Å²) in [6.07, 6.45) is 3.48. The van der Waals surface area contributed by atoms with Crippen molar-refractivity contribution < 1.29 is 17.2 Å². The fourth-order valence-electron chi connectivity index (χ4n) is 3.33. The van der Waals surface area contributed by atoms with Crippen LogP contribution in [0.15, 0.2) is 47.4 Å². The number of aromatic nitrogens is 1. The standard InChI is InChI=1S/C19H16F2N2O2S/c20-15-10-9-12(11-16(15)21)26(24,25)23-19-13-5-1-3-7-17(13)22-18-8-4-2-6-14(18)19/h1,3,5,7,9-11H,2,4,6,8H2,(H,22,23). The van der Waals surface area contributed by atoms with Gasteiger partial charge in [-0.1, -0.05) is 18.2 Å². The Morgan fingerprint density at radius 3 is 2.54 bits per heavy atom. The fourth-order valence-corrected chi connectivity index (χ4v) is 4.45. The Labute approximate surface area is 149 Å². The van der Waals surface area contributed by atoms with Crippen LogP contribution in [0.5, 0.6) is 0 Å². The van der Waals surface area contributed by atoms with Crippen molar-refractivity contribution in [2.24, 2.45) is 0 Å². The van der Waals surface area contributed by atoms with E-state index in [1.54, 1.807) is 6.07 Å². The van der Waals surface area contributed by atoms with Gasteiger partial charge in [0.25, 0.3) is 10.0 Å². The number of sulfonamides is 1. The predicted octanol–water partition coefficient (Wildman–Crippen LogP) is 4.19. The van der Waals surface area contributed by atoms with Crippen LogP contribution in [-0.2, 0) is 22.9 Å². The van der Waals surface area contributed by atoms with Gasteiger partial charge in [-0.15, -0.1) is 0 Å². The number of fused-ring (bicyclic) bond motifs is 2. The van der Waals surface area contributed by atoms with Crippen molar-refractivity contribution in [2.75, 3.05) is 4.72 Å². The van der Waals surface area contributed by atoms with Gasteiger partial charge in [0.2, 0.25) is 0 Å². The molecule has 1 aliphatic carbocycles. The molecule has 0 saturated heterocycles. The quantitative estimate of drug-likeness (QED) is 0.748. The van der Waals surface area contributed by atoms with E-state index in [1.807, 2.05) is 18.2 Å². The van der Waals surface area contributed by atoms with Crippen molar-refractivity contribution in [3.63, 3.8) is 0 Å². The van der Waals surface area contributed by atoms with E-state index < -0.39 is 21.7 Å². The van der Waals surface area contributed by atoms with Crippen LogP contribution in [0.2, 0.25) is 0 Å².